The molecular weight excluding hydrogens is 418 g/mol. The molecule has 1 atom stereocenters. The molecule has 3 rings (SSSR count). The largest absolute Gasteiger partial charge is 0.376 e. The number of aryl methyl sites for hydroxylation is 1. The molecule has 2 heterocycles. The van der Waals surface area contributed by atoms with Gasteiger partial charge < -0.3 is 10.1 Å². The Labute approximate surface area is 172 Å². The van der Waals surface area contributed by atoms with Crippen molar-refractivity contribution in [2.24, 2.45) is 0 Å². The Hall–Kier alpha value is -2.15. The number of rotatable bonds is 8. The summed E-state index contributed by atoms with van der Waals surface area (Å²) in [4.78, 5) is 24.4. The zero-order valence-corrected chi connectivity index (χ0v) is 17.7. The molecule has 1 aromatic carbocycles. The van der Waals surface area contributed by atoms with Crippen molar-refractivity contribution >= 4 is 33.4 Å². The lowest BCUT2D eigenvalue weighted by Gasteiger charge is -2.12. The summed E-state index contributed by atoms with van der Waals surface area (Å²) in [7, 11) is -2.30. The Bertz CT molecular complexity index is 1040. The fourth-order valence-corrected chi connectivity index (χ4v) is 4.72. The molecule has 0 bridgehead atoms. The van der Waals surface area contributed by atoms with Gasteiger partial charge in [0.2, 0.25) is 15.9 Å². The quantitative estimate of drug-likeness (QED) is 0.513. The number of amides is 1. The molecule has 1 saturated heterocycles. The van der Waals surface area contributed by atoms with Crippen molar-refractivity contribution in [3.63, 3.8) is 0 Å². The maximum Gasteiger partial charge on any atom is 0.344 e. The first-order valence-electron chi connectivity index (χ1n) is 9.04. The monoisotopic (exact) mass is 441 g/mol. The van der Waals surface area contributed by atoms with Crippen LogP contribution in [0.25, 0.3) is 0 Å². The lowest BCUT2D eigenvalue weighted by Crippen LogP contribution is -2.25. The highest BCUT2D eigenvalue weighted by Gasteiger charge is 2.20. The van der Waals surface area contributed by atoms with E-state index in [2.05, 4.69) is 20.2 Å². The molecule has 2 aromatic rings. The summed E-state index contributed by atoms with van der Waals surface area (Å²) in [6.45, 7) is 2.75. The second-order valence-corrected chi connectivity index (χ2v) is 9.38. The summed E-state index contributed by atoms with van der Waals surface area (Å²) in [5.74, 6) is -0.330. The van der Waals surface area contributed by atoms with E-state index in [9.17, 15) is 18.0 Å². The number of carbonyl (C=O) groups is 1. The van der Waals surface area contributed by atoms with Gasteiger partial charge in [0, 0.05) is 12.3 Å². The number of aromatic amines is 1. The lowest BCUT2D eigenvalue weighted by atomic mass is 10.2. The number of hydrogen-bond acceptors (Lipinski definition) is 7. The molecule has 0 aliphatic carbocycles. The third kappa shape index (κ3) is 5.26. The molecule has 1 unspecified atom stereocenters. The zero-order valence-electron chi connectivity index (χ0n) is 16.1. The Morgan fingerprint density at radius 3 is 2.93 bits per heavy atom. The van der Waals surface area contributed by atoms with Gasteiger partial charge in [0.05, 0.1) is 23.3 Å². The highest BCUT2D eigenvalue weighted by molar-refractivity contribution is 7.99. The minimum absolute atomic E-state index is 0.0117. The Morgan fingerprint density at radius 2 is 2.24 bits per heavy atom. The molecule has 1 fully saturated rings. The van der Waals surface area contributed by atoms with E-state index in [4.69, 9.17) is 4.74 Å². The van der Waals surface area contributed by atoms with Gasteiger partial charge in [0.1, 0.15) is 0 Å². The predicted molar refractivity (Wildman–Crippen MR) is 109 cm³/mol. The van der Waals surface area contributed by atoms with E-state index < -0.39 is 10.0 Å². The number of thioether (sulfide) groups is 1. The van der Waals surface area contributed by atoms with Crippen molar-refractivity contribution in [2.45, 2.75) is 42.5 Å². The molecular formula is C17H23N5O5S2. The SMILES string of the molecule is CNS(=O)(=O)c1cc(NC(=O)CSc2n[nH]c(=O)n2CC2CCCO2)ccc1C. The number of carbonyl (C=O) groups excluding carboxylic acids is 1. The van der Waals surface area contributed by atoms with Crippen molar-refractivity contribution in [1.29, 1.82) is 0 Å². The molecule has 0 radical (unpaired) electrons. The average molecular weight is 442 g/mol. The van der Waals surface area contributed by atoms with Crippen LogP contribution >= 0.6 is 11.8 Å². The highest BCUT2D eigenvalue weighted by atomic mass is 32.2. The van der Waals surface area contributed by atoms with Gasteiger partial charge in [-0.3, -0.25) is 9.36 Å². The van der Waals surface area contributed by atoms with Gasteiger partial charge in [-0.15, -0.1) is 5.10 Å². The Balaban J connectivity index is 1.64. The summed E-state index contributed by atoms with van der Waals surface area (Å²) in [5.41, 5.74) is 0.596. The van der Waals surface area contributed by atoms with Crippen molar-refractivity contribution < 1.29 is 17.9 Å². The van der Waals surface area contributed by atoms with Gasteiger partial charge >= 0.3 is 5.69 Å². The normalized spacial score (nSPS) is 16.8. The number of benzene rings is 1. The van der Waals surface area contributed by atoms with Crippen LogP contribution in [-0.4, -0.2) is 54.6 Å². The van der Waals surface area contributed by atoms with Gasteiger partial charge in [0.25, 0.3) is 0 Å². The summed E-state index contributed by atoms with van der Waals surface area (Å²) < 4.78 is 33.4. The number of sulfonamides is 1. The van der Waals surface area contributed by atoms with Crippen molar-refractivity contribution in [3.8, 4) is 0 Å². The number of nitrogens with zero attached hydrogens (tertiary/aromatic N) is 2. The average Bonchev–Trinajstić information content (AvgIpc) is 3.32. The lowest BCUT2D eigenvalue weighted by molar-refractivity contribution is -0.113. The molecule has 12 heteroatoms. The number of ether oxygens (including phenoxy) is 1. The van der Waals surface area contributed by atoms with E-state index in [0.717, 1.165) is 24.6 Å². The van der Waals surface area contributed by atoms with Gasteiger partial charge in [-0.05, 0) is 44.5 Å². The smallest absolute Gasteiger partial charge is 0.344 e. The van der Waals surface area contributed by atoms with E-state index in [1.54, 1.807) is 19.1 Å². The van der Waals surface area contributed by atoms with Crippen molar-refractivity contribution in [2.75, 3.05) is 24.7 Å². The fraction of sp³-hybridized carbons (Fsp3) is 0.471. The van der Waals surface area contributed by atoms with Crippen LogP contribution in [0, 0.1) is 6.92 Å². The first-order valence-corrected chi connectivity index (χ1v) is 11.5. The van der Waals surface area contributed by atoms with Crippen LogP contribution in [0.2, 0.25) is 0 Å². The second kappa shape index (κ2) is 9.11. The zero-order chi connectivity index (χ0) is 21.0. The summed E-state index contributed by atoms with van der Waals surface area (Å²) >= 11 is 1.12. The molecule has 158 valence electrons. The standard InChI is InChI=1S/C17H23N5O5S2/c1-11-5-6-12(8-14(11)29(25,26)18-2)19-15(23)10-28-17-21-20-16(24)22(17)9-13-4-3-7-27-13/h5-6,8,13,18H,3-4,7,9-10H2,1-2H3,(H,19,23)(H,20,24). The van der Waals surface area contributed by atoms with Gasteiger partial charge in [-0.25, -0.2) is 23.0 Å². The van der Waals surface area contributed by atoms with Crippen LogP contribution < -0.4 is 15.7 Å². The number of hydrogen-bond donors (Lipinski definition) is 3. The van der Waals surface area contributed by atoms with Crippen LogP contribution in [0.4, 0.5) is 5.69 Å². The minimum atomic E-state index is -3.63. The van der Waals surface area contributed by atoms with E-state index in [0.29, 0.717) is 29.6 Å². The second-order valence-electron chi connectivity index (χ2n) is 6.58. The molecule has 0 saturated carbocycles. The van der Waals surface area contributed by atoms with Crippen LogP contribution in [0.5, 0.6) is 0 Å². The Morgan fingerprint density at radius 1 is 1.45 bits per heavy atom. The minimum Gasteiger partial charge on any atom is -0.376 e. The van der Waals surface area contributed by atoms with E-state index in [1.807, 2.05) is 0 Å². The van der Waals surface area contributed by atoms with Crippen molar-refractivity contribution in [1.82, 2.24) is 19.5 Å². The molecule has 29 heavy (non-hydrogen) atoms. The fourth-order valence-electron chi connectivity index (χ4n) is 2.97. The number of anilines is 1. The number of nitrogens with one attached hydrogen (secondary N) is 3. The maximum absolute atomic E-state index is 12.3. The predicted octanol–water partition coefficient (Wildman–Crippen LogP) is 0.698. The van der Waals surface area contributed by atoms with Crippen molar-refractivity contribution in [3.05, 3.63) is 34.2 Å². The van der Waals surface area contributed by atoms with E-state index in [-0.39, 0.29) is 28.3 Å². The van der Waals surface area contributed by atoms with Gasteiger partial charge in [0.15, 0.2) is 5.16 Å². The molecule has 1 amide bonds. The Kier molecular flexibility index (Phi) is 6.77. The summed E-state index contributed by atoms with van der Waals surface area (Å²) in [6, 6.07) is 4.67. The topological polar surface area (TPSA) is 135 Å². The molecule has 1 aliphatic rings. The van der Waals surface area contributed by atoms with E-state index in [1.165, 1.54) is 17.7 Å². The molecule has 10 nitrogen and oxygen atoms in total. The summed E-state index contributed by atoms with van der Waals surface area (Å²) in [5, 5.41) is 9.45. The third-order valence-electron chi connectivity index (χ3n) is 4.50. The van der Waals surface area contributed by atoms with Gasteiger partial charge in [-0.1, -0.05) is 17.8 Å². The molecule has 1 aromatic heterocycles. The van der Waals surface area contributed by atoms with Crippen LogP contribution in [0.1, 0.15) is 18.4 Å². The first-order chi connectivity index (χ1) is 13.8. The molecule has 3 N–H and O–H groups in total. The van der Waals surface area contributed by atoms with Crippen LogP contribution in [0.15, 0.2) is 33.0 Å². The number of H-pyrrole nitrogens is 1. The van der Waals surface area contributed by atoms with E-state index >= 15 is 0 Å². The van der Waals surface area contributed by atoms with Crippen LogP contribution in [-0.2, 0) is 26.1 Å². The first kappa shape index (κ1) is 21.6. The van der Waals surface area contributed by atoms with Crippen LogP contribution in [0.3, 0.4) is 0 Å². The van der Waals surface area contributed by atoms with Gasteiger partial charge in [-0.2, -0.15) is 0 Å². The molecule has 1 aliphatic heterocycles. The molecule has 0 spiro atoms. The highest BCUT2D eigenvalue weighted by Crippen LogP contribution is 2.21. The maximum atomic E-state index is 12.3. The third-order valence-corrected chi connectivity index (χ3v) is 7.03. The number of aromatic nitrogens is 3. The summed E-state index contributed by atoms with van der Waals surface area (Å²) in [6.07, 6.45) is 1.82.